The number of amides is 1. The third-order valence-electron chi connectivity index (χ3n) is 6.68. The first-order valence-corrected chi connectivity index (χ1v) is 15.4. The first kappa shape index (κ1) is 26.7. The summed E-state index contributed by atoms with van der Waals surface area (Å²) in [4.78, 5) is 14.8. The molecule has 0 radical (unpaired) electrons. The van der Waals surface area contributed by atoms with E-state index in [1.165, 1.54) is 12.1 Å². The van der Waals surface area contributed by atoms with Crippen LogP contribution in [0.2, 0.25) is 5.02 Å². The number of rotatable bonds is 8. The first-order valence-electron chi connectivity index (χ1n) is 12.5. The number of ether oxygens (including phenoxy) is 1. The van der Waals surface area contributed by atoms with Crippen LogP contribution in [0.1, 0.15) is 40.0 Å². The van der Waals surface area contributed by atoms with Crippen LogP contribution in [0.3, 0.4) is 0 Å². The Morgan fingerprint density at radius 2 is 1.82 bits per heavy atom. The number of sulfonamides is 1. The maximum atomic E-state index is 13.7. The van der Waals surface area contributed by atoms with Gasteiger partial charge in [0.05, 0.1) is 17.0 Å². The first-order chi connectivity index (χ1) is 18.3. The topological polar surface area (TPSA) is 77.4 Å². The molecule has 0 atom stereocenters. The minimum atomic E-state index is -4.01. The minimum absolute atomic E-state index is 0.0556. The number of hydrogen-bond acceptors (Lipinski definition) is 5. The summed E-state index contributed by atoms with van der Waals surface area (Å²) in [6.07, 6.45) is 2.10. The number of carbonyl (C=O) groups is 1. The van der Waals surface area contributed by atoms with Crippen LogP contribution in [0.15, 0.2) is 70.5 Å². The second-order valence-electron chi connectivity index (χ2n) is 9.40. The molecule has 1 aliphatic rings. The van der Waals surface area contributed by atoms with Crippen molar-refractivity contribution in [2.75, 3.05) is 12.4 Å². The lowest BCUT2D eigenvalue weighted by molar-refractivity contribution is 0.0971. The molecule has 3 aromatic carbocycles. The maximum absolute atomic E-state index is 13.7. The normalized spacial score (nSPS) is 13.3. The van der Waals surface area contributed by atoms with Crippen LogP contribution in [0.5, 0.6) is 5.75 Å². The Balaban J connectivity index is 1.45. The number of thioether (sulfide) groups is 1. The quantitative estimate of drug-likeness (QED) is 0.244. The standard InChI is InChI=1S/C29H29ClN2O4S2/c1-19-17-21(18-20(2)26(19)30)36-15-7-12-24-23-11-6-13-25-27(23)32(14-8-16-37-25)28(24)29(33)31-38(34,35)22-9-4-3-5-10-22/h3-6,9-11,13,17-18H,7-8,12,14-16H2,1-2H3,(H,31,33). The number of aryl methyl sites for hydroxylation is 4. The van der Waals surface area contributed by atoms with Gasteiger partial charge in [0, 0.05) is 21.8 Å². The zero-order valence-electron chi connectivity index (χ0n) is 21.3. The van der Waals surface area contributed by atoms with Gasteiger partial charge in [0.1, 0.15) is 11.4 Å². The van der Waals surface area contributed by atoms with Crippen molar-refractivity contribution in [1.82, 2.24) is 9.29 Å². The molecule has 1 aromatic heterocycles. The summed E-state index contributed by atoms with van der Waals surface area (Å²) in [7, 11) is -4.01. The fourth-order valence-corrected chi connectivity index (χ4v) is 7.07. The average molecular weight is 569 g/mol. The van der Waals surface area contributed by atoms with E-state index in [0.717, 1.165) is 55.4 Å². The highest BCUT2D eigenvalue weighted by molar-refractivity contribution is 7.99. The highest BCUT2D eigenvalue weighted by Gasteiger charge is 2.28. The van der Waals surface area contributed by atoms with Crippen molar-refractivity contribution in [3.8, 4) is 5.75 Å². The van der Waals surface area contributed by atoms with Crippen LogP contribution in [0, 0.1) is 13.8 Å². The molecular weight excluding hydrogens is 540 g/mol. The molecule has 6 nitrogen and oxygen atoms in total. The summed E-state index contributed by atoms with van der Waals surface area (Å²) in [5.74, 6) is 1.09. The average Bonchev–Trinajstić information content (AvgIpc) is 3.05. The second-order valence-corrected chi connectivity index (χ2v) is 12.6. The van der Waals surface area contributed by atoms with E-state index in [-0.39, 0.29) is 4.90 Å². The van der Waals surface area contributed by atoms with Gasteiger partial charge < -0.3 is 9.30 Å². The van der Waals surface area contributed by atoms with Crippen LogP contribution >= 0.6 is 23.4 Å². The summed E-state index contributed by atoms with van der Waals surface area (Å²) >= 11 is 8.05. The molecular formula is C29H29ClN2O4S2. The number of nitrogens with zero attached hydrogens (tertiary/aromatic N) is 1. The van der Waals surface area contributed by atoms with Crippen LogP contribution < -0.4 is 9.46 Å². The van der Waals surface area contributed by atoms with Crippen molar-refractivity contribution < 1.29 is 17.9 Å². The van der Waals surface area contributed by atoms with Gasteiger partial charge in [0.15, 0.2) is 0 Å². The van der Waals surface area contributed by atoms with Crippen molar-refractivity contribution >= 4 is 50.2 Å². The SMILES string of the molecule is Cc1cc(OCCCc2c(C(=O)NS(=O)(=O)c3ccccc3)n3c4c(cccc24)SCCC3)cc(C)c1Cl. The third-order valence-corrected chi connectivity index (χ3v) is 9.76. The number of carbonyl (C=O) groups excluding carboxylic acids is 1. The Morgan fingerprint density at radius 1 is 1.08 bits per heavy atom. The summed E-state index contributed by atoms with van der Waals surface area (Å²) < 4.78 is 36.4. The number of aromatic nitrogens is 1. The number of hydrogen-bond donors (Lipinski definition) is 1. The van der Waals surface area contributed by atoms with Crippen LogP contribution in [-0.2, 0) is 23.0 Å². The molecule has 38 heavy (non-hydrogen) atoms. The number of benzene rings is 3. The Hall–Kier alpha value is -2.94. The largest absolute Gasteiger partial charge is 0.494 e. The van der Waals surface area contributed by atoms with Gasteiger partial charge in [-0.25, -0.2) is 13.1 Å². The van der Waals surface area contributed by atoms with Crippen molar-refractivity contribution in [3.63, 3.8) is 0 Å². The molecule has 0 fully saturated rings. The van der Waals surface area contributed by atoms with Gasteiger partial charge in [-0.2, -0.15) is 0 Å². The highest BCUT2D eigenvalue weighted by atomic mass is 35.5. The Morgan fingerprint density at radius 3 is 2.55 bits per heavy atom. The Kier molecular flexibility index (Phi) is 7.75. The van der Waals surface area contributed by atoms with E-state index < -0.39 is 15.9 Å². The number of para-hydroxylation sites is 1. The fourth-order valence-electron chi connectivity index (χ4n) is 4.96. The number of nitrogens with one attached hydrogen (secondary N) is 1. The Labute approximate surface area is 232 Å². The van der Waals surface area contributed by atoms with E-state index in [2.05, 4.69) is 10.8 Å². The summed E-state index contributed by atoms with van der Waals surface area (Å²) in [5, 5.41) is 1.72. The zero-order valence-corrected chi connectivity index (χ0v) is 23.7. The molecule has 5 rings (SSSR count). The van der Waals surface area contributed by atoms with Crippen molar-refractivity contribution in [3.05, 3.63) is 88.1 Å². The van der Waals surface area contributed by atoms with Crippen molar-refractivity contribution in [2.45, 2.75) is 49.4 Å². The molecule has 0 unspecified atom stereocenters. The molecule has 0 aliphatic carbocycles. The smallest absolute Gasteiger partial charge is 0.281 e. The van der Waals surface area contributed by atoms with Crippen LogP contribution in [0.25, 0.3) is 10.9 Å². The monoisotopic (exact) mass is 568 g/mol. The predicted octanol–water partition coefficient (Wildman–Crippen LogP) is 6.54. The van der Waals surface area contributed by atoms with Gasteiger partial charge in [0.2, 0.25) is 0 Å². The van der Waals surface area contributed by atoms with Crippen molar-refractivity contribution in [2.24, 2.45) is 0 Å². The van der Waals surface area contributed by atoms with Crippen LogP contribution in [0.4, 0.5) is 0 Å². The van der Waals surface area contributed by atoms with Gasteiger partial charge >= 0.3 is 0 Å². The zero-order chi connectivity index (χ0) is 26.9. The lowest BCUT2D eigenvalue weighted by atomic mass is 10.1. The van der Waals surface area contributed by atoms with Gasteiger partial charge in [-0.05, 0) is 85.9 Å². The molecule has 2 heterocycles. The van der Waals surface area contributed by atoms with E-state index in [1.54, 1.807) is 30.0 Å². The molecule has 9 heteroatoms. The highest BCUT2D eigenvalue weighted by Crippen LogP contribution is 2.37. The van der Waals surface area contributed by atoms with Gasteiger partial charge in [0.25, 0.3) is 15.9 Å². The molecule has 1 aliphatic heterocycles. The predicted molar refractivity (Wildman–Crippen MR) is 153 cm³/mol. The Bertz CT molecular complexity index is 1590. The minimum Gasteiger partial charge on any atom is -0.494 e. The van der Waals surface area contributed by atoms with Gasteiger partial charge in [-0.1, -0.05) is 41.9 Å². The molecule has 4 aromatic rings. The third kappa shape index (κ3) is 5.30. The molecule has 0 saturated heterocycles. The molecule has 1 N–H and O–H groups in total. The van der Waals surface area contributed by atoms with E-state index in [9.17, 15) is 13.2 Å². The number of halogens is 1. The molecule has 0 saturated carbocycles. The second kappa shape index (κ2) is 11.0. The summed E-state index contributed by atoms with van der Waals surface area (Å²) in [6.45, 7) is 5.00. The molecule has 0 spiro atoms. The molecule has 198 valence electrons. The van der Waals surface area contributed by atoms with E-state index in [1.807, 2.05) is 42.7 Å². The van der Waals surface area contributed by atoms with E-state index >= 15 is 0 Å². The fraction of sp³-hybridized carbons (Fsp3) is 0.276. The van der Waals surface area contributed by atoms with Gasteiger partial charge in [-0.3, -0.25) is 4.79 Å². The van der Waals surface area contributed by atoms with E-state index in [4.69, 9.17) is 16.3 Å². The molecule has 1 amide bonds. The maximum Gasteiger partial charge on any atom is 0.281 e. The summed E-state index contributed by atoms with van der Waals surface area (Å²) in [6, 6.07) is 17.9. The lowest BCUT2D eigenvalue weighted by Crippen LogP contribution is -2.33. The van der Waals surface area contributed by atoms with Crippen LogP contribution in [-0.4, -0.2) is 31.3 Å². The lowest BCUT2D eigenvalue weighted by Gasteiger charge is -2.13. The van der Waals surface area contributed by atoms with E-state index in [0.29, 0.717) is 31.7 Å². The summed E-state index contributed by atoms with van der Waals surface area (Å²) in [5.41, 5.74) is 4.17. The van der Waals surface area contributed by atoms with Gasteiger partial charge in [-0.15, -0.1) is 11.8 Å². The van der Waals surface area contributed by atoms with Crippen molar-refractivity contribution in [1.29, 1.82) is 0 Å². The molecule has 0 bridgehead atoms.